The van der Waals surface area contributed by atoms with Crippen LogP contribution in [0.3, 0.4) is 0 Å². The fourth-order valence-electron chi connectivity index (χ4n) is 2.29. The number of carbonyl (C=O) groups is 1. The number of benzene rings is 1. The largest absolute Gasteiger partial charge is 0.493 e. The average Bonchev–Trinajstić information content (AvgIpc) is 3.06. The predicted molar refractivity (Wildman–Crippen MR) is 88.6 cm³/mol. The highest BCUT2D eigenvalue weighted by atomic mass is 32.1. The summed E-state index contributed by atoms with van der Waals surface area (Å²) in [6, 6.07) is 5.36. The third-order valence-corrected chi connectivity index (χ3v) is 4.28. The first-order valence-electron chi connectivity index (χ1n) is 6.86. The molecule has 120 valence electrons. The van der Waals surface area contributed by atoms with E-state index in [1.54, 1.807) is 38.1 Å². The monoisotopic (exact) mass is 332 g/mol. The highest BCUT2D eigenvalue weighted by Gasteiger charge is 2.15. The van der Waals surface area contributed by atoms with E-state index < -0.39 is 0 Å². The molecule has 3 aromatic rings. The Kier molecular flexibility index (Phi) is 3.91. The number of nitrogens with one attached hydrogen (secondary N) is 1. The van der Waals surface area contributed by atoms with E-state index >= 15 is 0 Å². The number of carbonyl (C=O) groups excluding carboxylic acids is 1. The van der Waals surface area contributed by atoms with Crippen molar-refractivity contribution >= 4 is 32.6 Å². The highest BCUT2D eigenvalue weighted by Crippen LogP contribution is 2.36. The third kappa shape index (κ3) is 2.85. The number of hydrogen-bond acceptors (Lipinski definition) is 6. The average molecular weight is 332 g/mol. The van der Waals surface area contributed by atoms with E-state index in [1.165, 1.54) is 11.3 Å². The second kappa shape index (κ2) is 5.88. The zero-order chi connectivity index (χ0) is 16.6. The number of anilines is 1. The molecule has 0 atom stereocenters. The molecule has 1 aromatic carbocycles. The van der Waals surface area contributed by atoms with Crippen LogP contribution in [0.1, 0.15) is 16.2 Å². The number of fused-ring (bicyclic) bond motifs is 1. The Hall–Kier alpha value is -2.61. The van der Waals surface area contributed by atoms with Crippen molar-refractivity contribution in [1.82, 2.24) is 14.8 Å². The summed E-state index contributed by atoms with van der Waals surface area (Å²) in [5, 5.41) is 7.48. The lowest BCUT2D eigenvalue weighted by Crippen LogP contribution is -2.15. The van der Waals surface area contributed by atoms with Gasteiger partial charge in [-0.3, -0.25) is 14.8 Å². The molecule has 2 aromatic heterocycles. The minimum atomic E-state index is -0.244. The molecule has 23 heavy (non-hydrogen) atoms. The minimum absolute atomic E-state index is 0.244. The van der Waals surface area contributed by atoms with Gasteiger partial charge in [0.2, 0.25) is 0 Å². The molecule has 8 heteroatoms. The van der Waals surface area contributed by atoms with Crippen LogP contribution in [-0.4, -0.2) is 34.9 Å². The lowest BCUT2D eigenvalue weighted by molar-refractivity contribution is 0.101. The summed E-state index contributed by atoms with van der Waals surface area (Å²) in [7, 11) is 4.89. The normalized spacial score (nSPS) is 10.8. The van der Waals surface area contributed by atoms with Crippen LogP contribution >= 0.6 is 11.3 Å². The summed E-state index contributed by atoms with van der Waals surface area (Å²) >= 11 is 1.37. The molecule has 3 rings (SSSR count). The molecule has 0 spiro atoms. The fraction of sp³-hybridized carbons (Fsp3) is 0.267. The van der Waals surface area contributed by atoms with E-state index in [-0.39, 0.29) is 5.91 Å². The predicted octanol–water partition coefficient (Wildman–Crippen LogP) is 2.61. The van der Waals surface area contributed by atoms with Gasteiger partial charge in [0.1, 0.15) is 5.69 Å². The first kappa shape index (κ1) is 15.3. The Balaban J connectivity index is 1.91. The van der Waals surface area contributed by atoms with Gasteiger partial charge in [-0.2, -0.15) is 5.10 Å². The second-order valence-corrected chi connectivity index (χ2v) is 5.97. The standard InChI is InChI=1S/C15H16N4O3S/c1-8-5-10(19(2)18-8)14(20)17-15-16-9-6-11(21-3)12(22-4)7-13(9)23-15/h5-7H,1-4H3,(H,16,17,20). The van der Waals surface area contributed by atoms with Crippen LogP contribution in [0.4, 0.5) is 5.13 Å². The van der Waals surface area contributed by atoms with Crippen molar-refractivity contribution < 1.29 is 14.3 Å². The van der Waals surface area contributed by atoms with Gasteiger partial charge >= 0.3 is 0 Å². The number of hydrogen-bond donors (Lipinski definition) is 1. The maximum absolute atomic E-state index is 12.3. The SMILES string of the molecule is COc1cc2nc(NC(=O)c3cc(C)nn3C)sc2cc1OC. The molecule has 0 saturated carbocycles. The lowest BCUT2D eigenvalue weighted by atomic mass is 10.3. The molecule has 1 N–H and O–H groups in total. The number of methoxy groups -OCH3 is 2. The summed E-state index contributed by atoms with van der Waals surface area (Å²) in [5.74, 6) is 0.986. The molecule has 1 amide bonds. The molecule has 0 aliphatic rings. The van der Waals surface area contributed by atoms with E-state index in [9.17, 15) is 4.79 Å². The lowest BCUT2D eigenvalue weighted by Gasteiger charge is -2.05. The molecular weight excluding hydrogens is 316 g/mol. The van der Waals surface area contributed by atoms with Crippen molar-refractivity contribution in [3.05, 3.63) is 29.6 Å². The second-order valence-electron chi connectivity index (χ2n) is 4.94. The molecule has 0 aliphatic heterocycles. The minimum Gasteiger partial charge on any atom is -0.493 e. The van der Waals surface area contributed by atoms with Crippen molar-refractivity contribution in [2.75, 3.05) is 19.5 Å². The molecule has 0 bridgehead atoms. The van der Waals surface area contributed by atoms with E-state index in [2.05, 4.69) is 15.4 Å². The van der Waals surface area contributed by atoms with E-state index in [1.807, 2.05) is 13.0 Å². The van der Waals surface area contributed by atoms with Crippen molar-refractivity contribution in [3.8, 4) is 11.5 Å². The van der Waals surface area contributed by atoms with Crippen molar-refractivity contribution in [2.24, 2.45) is 7.05 Å². The number of aromatic nitrogens is 3. The number of ether oxygens (including phenoxy) is 2. The van der Waals surface area contributed by atoms with Crippen LogP contribution in [0.25, 0.3) is 10.2 Å². The van der Waals surface area contributed by atoms with Crippen molar-refractivity contribution in [3.63, 3.8) is 0 Å². The van der Waals surface area contributed by atoms with Gasteiger partial charge in [-0.25, -0.2) is 4.98 Å². The summed E-state index contributed by atoms with van der Waals surface area (Å²) in [4.78, 5) is 16.7. The number of thiazole rings is 1. The van der Waals surface area contributed by atoms with Gasteiger partial charge < -0.3 is 9.47 Å². The van der Waals surface area contributed by atoms with Crippen LogP contribution in [-0.2, 0) is 7.05 Å². The van der Waals surface area contributed by atoms with E-state index in [0.717, 1.165) is 15.9 Å². The Morgan fingerprint density at radius 1 is 1.22 bits per heavy atom. The van der Waals surface area contributed by atoms with Crippen LogP contribution in [0.5, 0.6) is 11.5 Å². The maximum atomic E-state index is 12.3. The zero-order valence-electron chi connectivity index (χ0n) is 13.2. The van der Waals surface area contributed by atoms with Crippen LogP contribution in [0.2, 0.25) is 0 Å². The third-order valence-electron chi connectivity index (χ3n) is 3.35. The molecule has 0 fully saturated rings. The summed E-state index contributed by atoms with van der Waals surface area (Å²) < 4.78 is 13.0. The van der Waals surface area contributed by atoms with Crippen molar-refractivity contribution in [1.29, 1.82) is 0 Å². The number of nitrogens with zero attached hydrogens (tertiary/aromatic N) is 3. The Morgan fingerprint density at radius 2 is 1.91 bits per heavy atom. The number of aryl methyl sites for hydroxylation is 2. The zero-order valence-corrected chi connectivity index (χ0v) is 14.0. The van der Waals surface area contributed by atoms with Gasteiger partial charge in [0.05, 0.1) is 30.1 Å². The summed E-state index contributed by atoms with van der Waals surface area (Å²) in [6.07, 6.45) is 0. The first-order chi connectivity index (χ1) is 11.0. The Labute approximate surface area is 136 Å². The van der Waals surface area contributed by atoms with Crippen LogP contribution in [0.15, 0.2) is 18.2 Å². The topological polar surface area (TPSA) is 78.3 Å². The molecular formula is C15H16N4O3S. The Bertz CT molecular complexity index is 843. The fourth-order valence-corrected chi connectivity index (χ4v) is 3.16. The van der Waals surface area contributed by atoms with Gasteiger partial charge in [0.15, 0.2) is 16.6 Å². The van der Waals surface area contributed by atoms with Gasteiger partial charge in [0, 0.05) is 19.2 Å². The quantitative estimate of drug-likeness (QED) is 0.794. The molecule has 0 saturated heterocycles. The van der Waals surface area contributed by atoms with E-state index in [0.29, 0.717) is 22.3 Å². The smallest absolute Gasteiger partial charge is 0.275 e. The molecule has 0 aliphatic carbocycles. The molecule has 7 nitrogen and oxygen atoms in total. The maximum Gasteiger partial charge on any atom is 0.275 e. The van der Waals surface area contributed by atoms with Gasteiger partial charge in [-0.05, 0) is 13.0 Å². The van der Waals surface area contributed by atoms with Crippen LogP contribution in [0, 0.1) is 6.92 Å². The highest BCUT2D eigenvalue weighted by molar-refractivity contribution is 7.22. The van der Waals surface area contributed by atoms with Gasteiger partial charge in [0.25, 0.3) is 5.91 Å². The Morgan fingerprint density at radius 3 is 2.52 bits per heavy atom. The molecule has 0 radical (unpaired) electrons. The number of amides is 1. The summed E-state index contributed by atoms with van der Waals surface area (Å²) in [6.45, 7) is 1.84. The van der Waals surface area contributed by atoms with E-state index in [4.69, 9.17) is 9.47 Å². The number of rotatable bonds is 4. The molecule has 0 unspecified atom stereocenters. The van der Waals surface area contributed by atoms with Gasteiger partial charge in [-0.15, -0.1) is 0 Å². The summed E-state index contributed by atoms with van der Waals surface area (Å²) in [5.41, 5.74) is 2.01. The van der Waals surface area contributed by atoms with Crippen molar-refractivity contribution in [2.45, 2.75) is 6.92 Å². The first-order valence-corrected chi connectivity index (χ1v) is 7.68. The molecule has 2 heterocycles. The van der Waals surface area contributed by atoms with Crippen LogP contribution < -0.4 is 14.8 Å². The van der Waals surface area contributed by atoms with Gasteiger partial charge in [-0.1, -0.05) is 11.3 Å².